The molecule has 0 aromatic heterocycles. The van der Waals surface area contributed by atoms with Crippen molar-refractivity contribution >= 4 is 23.4 Å². The number of rotatable bonds is 8. The van der Waals surface area contributed by atoms with Crippen LogP contribution in [0.1, 0.15) is 25.3 Å². The summed E-state index contributed by atoms with van der Waals surface area (Å²) in [5.41, 5.74) is 2.02. The van der Waals surface area contributed by atoms with Gasteiger partial charge in [0, 0.05) is 29.7 Å². The van der Waals surface area contributed by atoms with E-state index in [1.165, 1.54) is 5.56 Å². The van der Waals surface area contributed by atoms with E-state index in [1.54, 1.807) is 12.0 Å². The molecule has 2 aromatic carbocycles. The molecule has 0 radical (unpaired) electrons. The minimum atomic E-state index is -0.277. The zero-order chi connectivity index (χ0) is 23.2. The first-order valence-electron chi connectivity index (χ1n) is 11.8. The largest absolute Gasteiger partial charge is 0.497 e. The zero-order valence-corrected chi connectivity index (χ0v) is 20.2. The highest BCUT2D eigenvalue weighted by atomic mass is 35.5. The summed E-state index contributed by atoms with van der Waals surface area (Å²) in [5, 5.41) is 0.823. The number of ether oxygens (including phenoxy) is 3. The highest BCUT2D eigenvalue weighted by molar-refractivity contribution is 6.31. The molecule has 0 aliphatic carbocycles. The SMILES string of the molecule is CCOc1ccc(Cl)c(CC2CCN(CC3COC(=O)N(c4ccc(OC)cc4)C3)CC2)c1. The predicted molar refractivity (Wildman–Crippen MR) is 131 cm³/mol. The molecule has 2 saturated heterocycles. The molecule has 2 fully saturated rings. The van der Waals surface area contributed by atoms with Crippen molar-refractivity contribution in [2.45, 2.75) is 26.2 Å². The maximum Gasteiger partial charge on any atom is 0.414 e. The van der Waals surface area contributed by atoms with Crippen LogP contribution in [0.4, 0.5) is 10.5 Å². The summed E-state index contributed by atoms with van der Waals surface area (Å²) in [4.78, 5) is 16.6. The van der Waals surface area contributed by atoms with Crippen molar-refractivity contribution in [1.82, 2.24) is 4.90 Å². The van der Waals surface area contributed by atoms with Crippen LogP contribution in [-0.4, -0.2) is 57.5 Å². The molecule has 1 atom stereocenters. The number of carbonyl (C=O) groups excluding carboxylic acids is 1. The molecule has 6 nitrogen and oxygen atoms in total. The van der Waals surface area contributed by atoms with E-state index in [-0.39, 0.29) is 6.09 Å². The molecule has 2 heterocycles. The third kappa shape index (κ3) is 6.12. The maximum absolute atomic E-state index is 12.3. The van der Waals surface area contributed by atoms with Crippen molar-refractivity contribution in [2.24, 2.45) is 11.8 Å². The van der Waals surface area contributed by atoms with Crippen LogP contribution in [-0.2, 0) is 11.2 Å². The summed E-state index contributed by atoms with van der Waals surface area (Å²) >= 11 is 6.45. The maximum atomic E-state index is 12.3. The molecule has 0 bridgehead atoms. The molecule has 2 aliphatic heterocycles. The van der Waals surface area contributed by atoms with Gasteiger partial charge >= 0.3 is 6.09 Å². The van der Waals surface area contributed by atoms with E-state index in [4.69, 9.17) is 25.8 Å². The Hall–Kier alpha value is -2.44. The van der Waals surface area contributed by atoms with Crippen LogP contribution in [0, 0.1) is 11.8 Å². The highest BCUT2D eigenvalue weighted by Gasteiger charge is 2.31. The average Bonchev–Trinajstić information content (AvgIpc) is 2.84. The van der Waals surface area contributed by atoms with E-state index >= 15 is 0 Å². The molecule has 1 unspecified atom stereocenters. The Bertz CT molecular complexity index is 928. The van der Waals surface area contributed by atoms with E-state index in [2.05, 4.69) is 11.0 Å². The number of hydrogen-bond donors (Lipinski definition) is 0. The number of cyclic esters (lactones) is 1. The minimum Gasteiger partial charge on any atom is -0.497 e. The van der Waals surface area contributed by atoms with E-state index < -0.39 is 0 Å². The number of anilines is 1. The first-order chi connectivity index (χ1) is 16.1. The molecule has 0 saturated carbocycles. The number of likely N-dealkylation sites (tertiary alicyclic amines) is 1. The Morgan fingerprint density at radius 3 is 2.48 bits per heavy atom. The lowest BCUT2D eigenvalue weighted by molar-refractivity contribution is 0.0870. The van der Waals surface area contributed by atoms with Gasteiger partial charge < -0.3 is 19.1 Å². The van der Waals surface area contributed by atoms with E-state index in [9.17, 15) is 4.79 Å². The lowest BCUT2D eigenvalue weighted by Crippen LogP contribution is -2.48. The second-order valence-electron chi connectivity index (χ2n) is 8.89. The van der Waals surface area contributed by atoms with Gasteiger partial charge in [0.1, 0.15) is 11.5 Å². The number of carbonyl (C=O) groups is 1. The molecule has 0 spiro atoms. The van der Waals surface area contributed by atoms with Crippen LogP contribution in [0.5, 0.6) is 11.5 Å². The standard InChI is InChI=1S/C26H33ClN2O4/c1-3-32-24-8-9-25(27)21(15-24)14-19-10-12-28(13-11-19)16-20-17-29(26(30)33-18-20)22-4-6-23(31-2)7-5-22/h4-9,15,19-20H,3,10-14,16-18H2,1-2H3. The van der Waals surface area contributed by atoms with Gasteiger partial charge in [0.25, 0.3) is 0 Å². The summed E-state index contributed by atoms with van der Waals surface area (Å²) in [6, 6.07) is 13.5. The Kier molecular flexibility index (Phi) is 7.99. The quantitative estimate of drug-likeness (QED) is 0.523. The number of nitrogens with zero attached hydrogens (tertiary/aromatic N) is 2. The molecule has 0 N–H and O–H groups in total. The molecule has 2 aliphatic rings. The van der Waals surface area contributed by atoms with Crippen molar-refractivity contribution in [3.63, 3.8) is 0 Å². The highest BCUT2D eigenvalue weighted by Crippen LogP contribution is 2.29. The van der Waals surface area contributed by atoms with Crippen LogP contribution in [0.15, 0.2) is 42.5 Å². The van der Waals surface area contributed by atoms with Gasteiger partial charge in [-0.25, -0.2) is 4.79 Å². The van der Waals surface area contributed by atoms with Crippen molar-refractivity contribution < 1.29 is 19.0 Å². The van der Waals surface area contributed by atoms with Crippen molar-refractivity contribution in [3.8, 4) is 11.5 Å². The molecule has 7 heteroatoms. The van der Waals surface area contributed by atoms with Gasteiger partial charge in [-0.15, -0.1) is 0 Å². The molecule has 33 heavy (non-hydrogen) atoms. The van der Waals surface area contributed by atoms with Crippen molar-refractivity contribution in [2.75, 3.05) is 51.4 Å². The van der Waals surface area contributed by atoms with Gasteiger partial charge in [-0.3, -0.25) is 4.90 Å². The fourth-order valence-corrected chi connectivity index (χ4v) is 4.94. The van der Waals surface area contributed by atoms with Gasteiger partial charge in [-0.1, -0.05) is 11.6 Å². The molecule has 4 rings (SSSR count). The van der Waals surface area contributed by atoms with Crippen LogP contribution >= 0.6 is 11.6 Å². The Balaban J connectivity index is 1.28. The summed E-state index contributed by atoms with van der Waals surface area (Å²) in [6.07, 6.45) is 2.99. The lowest BCUT2D eigenvalue weighted by atomic mass is 9.89. The van der Waals surface area contributed by atoms with Crippen molar-refractivity contribution in [3.05, 3.63) is 53.1 Å². The average molecular weight is 473 g/mol. The van der Waals surface area contributed by atoms with Gasteiger partial charge in [0.05, 0.1) is 20.3 Å². The Labute approximate surface area is 201 Å². The van der Waals surface area contributed by atoms with E-state index in [0.717, 1.165) is 61.1 Å². The summed E-state index contributed by atoms with van der Waals surface area (Å²) in [6.45, 7) is 6.85. The van der Waals surface area contributed by atoms with Gasteiger partial charge in [-0.2, -0.15) is 0 Å². The molecule has 178 valence electrons. The first kappa shape index (κ1) is 23.7. The fraction of sp³-hybridized carbons (Fsp3) is 0.500. The van der Waals surface area contributed by atoms with Crippen LogP contribution in [0.3, 0.4) is 0 Å². The van der Waals surface area contributed by atoms with Crippen molar-refractivity contribution in [1.29, 1.82) is 0 Å². The number of hydrogen-bond acceptors (Lipinski definition) is 5. The molecule has 1 amide bonds. The Morgan fingerprint density at radius 2 is 1.79 bits per heavy atom. The first-order valence-corrected chi connectivity index (χ1v) is 12.2. The van der Waals surface area contributed by atoms with Crippen LogP contribution in [0.25, 0.3) is 0 Å². The number of benzene rings is 2. The fourth-order valence-electron chi connectivity index (χ4n) is 4.75. The predicted octanol–water partition coefficient (Wildman–Crippen LogP) is 5.27. The minimum absolute atomic E-state index is 0.277. The van der Waals surface area contributed by atoms with E-state index in [0.29, 0.717) is 31.6 Å². The smallest absolute Gasteiger partial charge is 0.414 e. The molecular formula is C26H33ClN2O4. The third-order valence-corrected chi connectivity index (χ3v) is 6.92. The summed E-state index contributed by atoms with van der Waals surface area (Å²) in [7, 11) is 1.63. The number of methoxy groups -OCH3 is 1. The van der Waals surface area contributed by atoms with Crippen LogP contribution in [0.2, 0.25) is 5.02 Å². The summed E-state index contributed by atoms with van der Waals surface area (Å²) < 4.78 is 16.4. The normalized spacial score (nSPS) is 19.9. The van der Waals surface area contributed by atoms with Gasteiger partial charge in [0.2, 0.25) is 0 Å². The molecular weight excluding hydrogens is 440 g/mol. The van der Waals surface area contributed by atoms with Gasteiger partial charge in [0.15, 0.2) is 0 Å². The number of amides is 1. The number of halogens is 1. The zero-order valence-electron chi connectivity index (χ0n) is 19.5. The Morgan fingerprint density at radius 1 is 1.06 bits per heavy atom. The second kappa shape index (κ2) is 11.1. The summed E-state index contributed by atoms with van der Waals surface area (Å²) in [5.74, 6) is 2.58. The molecule has 2 aromatic rings. The van der Waals surface area contributed by atoms with Gasteiger partial charge in [-0.05, 0) is 93.2 Å². The third-order valence-electron chi connectivity index (χ3n) is 6.55. The van der Waals surface area contributed by atoms with E-state index in [1.807, 2.05) is 43.3 Å². The number of piperidine rings is 1. The second-order valence-corrected chi connectivity index (χ2v) is 9.29. The van der Waals surface area contributed by atoms with Crippen LogP contribution < -0.4 is 14.4 Å². The topological polar surface area (TPSA) is 51.2 Å². The monoisotopic (exact) mass is 472 g/mol. The lowest BCUT2D eigenvalue weighted by Gasteiger charge is -2.38.